The second kappa shape index (κ2) is 6.09. The Labute approximate surface area is 154 Å². The molecule has 1 aliphatic carbocycles. The third kappa shape index (κ3) is 2.76. The fourth-order valence-electron chi connectivity index (χ4n) is 3.61. The Kier molecular flexibility index (Phi) is 3.70. The summed E-state index contributed by atoms with van der Waals surface area (Å²) in [5.41, 5.74) is 2.85. The van der Waals surface area contributed by atoms with Gasteiger partial charge in [0.15, 0.2) is 17.2 Å². The predicted octanol–water partition coefficient (Wildman–Crippen LogP) is 3.50. The number of carbonyl (C=O) groups is 1. The molecule has 0 bridgehead atoms. The molecule has 1 aromatic carbocycles. The van der Waals surface area contributed by atoms with Crippen molar-refractivity contribution in [3.63, 3.8) is 0 Å². The zero-order valence-electron chi connectivity index (χ0n) is 14.1. The monoisotopic (exact) mass is 371 g/mol. The molecule has 3 aromatic rings. The summed E-state index contributed by atoms with van der Waals surface area (Å²) in [6.45, 7) is 1.33. The van der Waals surface area contributed by atoms with Crippen LogP contribution < -0.4 is 0 Å². The zero-order valence-corrected chi connectivity index (χ0v) is 14.9. The van der Waals surface area contributed by atoms with Gasteiger partial charge < -0.3 is 9.32 Å². The van der Waals surface area contributed by atoms with Gasteiger partial charge in [0.2, 0.25) is 0 Å². The molecule has 1 saturated carbocycles. The van der Waals surface area contributed by atoms with Gasteiger partial charge in [0.25, 0.3) is 5.91 Å². The highest BCUT2D eigenvalue weighted by Gasteiger charge is 2.35. The summed E-state index contributed by atoms with van der Waals surface area (Å²) in [6.07, 6.45) is 3.83. The van der Waals surface area contributed by atoms with E-state index in [0.29, 0.717) is 29.7 Å². The summed E-state index contributed by atoms with van der Waals surface area (Å²) in [5, 5.41) is 11.5. The van der Waals surface area contributed by atoms with Crippen LogP contribution in [0.3, 0.4) is 0 Å². The fourth-order valence-corrected chi connectivity index (χ4v) is 3.78. The molecule has 1 aliphatic heterocycles. The van der Waals surface area contributed by atoms with Gasteiger partial charge in [0.05, 0.1) is 5.69 Å². The number of hydrogen-bond acceptors (Lipinski definition) is 5. The number of amides is 1. The second-order valence-corrected chi connectivity index (χ2v) is 7.50. The largest absolute Gasteiger partial charge is 0.440 e. The van der Waals surface area contributed by atoms with Crippen LogP contribution in [0.15, 0.2) is 22.6 Å². The van der Waals surface area contributed by atoms with Crippen LogP contribution in [0, 0.1) is 0 Å². The quantitative estimate of drug-likeness (QED) is 0.761. The number of oxazole rings is 1. The minimum atomic E-state index is -0.0246. The predicted molar refractivity (Wildman–Crippen MR) is 95.3 cm³/mol. The first-order valence-corrected chi connectivity index (χ1v) is 9.33. The molecule has 1 amide bonds. The molecule has 1 N–H and O–H groups in total. The summed E-state index contributed by atoms with van der Waals surface area (Å²) in [5.74, 6) is 1.32. The summed E-state index contributed by atoms with van der Waals surface area (Å²) < 4.78 is 5.89. The molecule has 134 valence electrons. The number of fused-ring (bicyclic) bond motifs is 1. The van der Waals surface area contributed by atoms with Gasteiger partial charge in [-0.25, -0.2) is 4.98 Å². The first-order valence-electron chi connectivity index (χ1n) is 8.95. The van der Waals surface area contributed by atoms with Crippen molar-refractivity contribution < 1.29 is 9.21 Å². The van der Waals surface area contributed by atoms with Crippen molar-refractivity contribution in [2.75, 3.05) is 13.1 Å². The van der Waals surface area contributed by atoms with Crippen molar-refractivity contribution >= 4 is 28.6 Å². The lowest BCUT2D eigenvalue weighted by molar-refractivity contribution is 0.0699. The first kappa shape index (κ1) is 15.8. The molecule has 7 nitrogen and oxygen atoms in total. The Morgan fingerprint density at radius 3 is 2.73 bits per heavy atom. The minimum absolute atomic E-state index is 0.0246. The molecule has 2 aliphatic rings. The Bertz CT molecular complexity index is 969. The van der Waals surface area contributed by atoms with Crippen LogP contribution in [0.4, 0.5) is 0 Å². The molecule has 0 unspecified atom stereocenters. The molecule has 0 radical (unpaired) electrons. The van der Waals surface area contributed by atoms with Gasteiger partial charge >= 0.3 is 0 Å². The number of H-pyrrole nitrogens is 1. The summed E-state index contributed by atoms with van der Waals surface area (Å²) in [6, 6.07) is 5.46. The number of rotatable bonds is 3. The van der Waals surface area contributed by atoms with E-state index in [4.69, 9.17) is 16.0 Å². The molecule has 0 spiro atoms. The number of likely N-dealkylation sites (tertiary alicyclic amines) is 1. The molecule has 26 heavy (non-hydrogen) atoms. The van der Waals surface area contributed by atoms with Crippen LogP contribution >= 0.6 is 11.6 Å². The number of aromatic amines is 1. The lowest BCUT2D eigenvalue weighted by atomic mass is 9.96. The maximum absolute atomic E-state index is 12.8. The Morgan fingerprint density at radius 2 is 1.96 bits per heavy atom. The molecule has 5 rings (SSSR count). The van der Waals surface area contributed by atoms with E-state index >= 15 is 0 Å². The van der Waals surface area contributed by atoms with Gasteiger partial charge in [-0.2, -0.15) is 15.4 Å². The standard InChI is InChI=1S/C18H18ClN5O2/c19-12-3-4-14-13(9-12)20-17(26-14)11-5-7-24(8-6-11)18(25)16-15(10-1-2-10)21-23-22-16/h3-4,9-11H,1-2,5-8H2,(H,21,22,23). The molecular formula is C18H18ClN5O2. The molecule has 2 fully saturated rings. The highest BCUT2D eigenvalue weighted by atomic mass is 35.5. The van der Waals surface area contributed by atoms with E-state index < -0.39 is 0 Å². The molecular weight excluding hydrogens is 354 g/mol. The minimum Gasteiger partial charge on any atom is -0.440 e. The van der Waals surface area contributed by atoms with Crippen LogP contribution in [0.1, 0.15) is 59.6 Å². The number of nitrogens with one attached hydrogen (secondary N) is 1. The average molecular weight is 372 g/mol. The Balaban J connectivity index is 1.29. The highest BCUT2D eigenvalue weighted by molar-refractivity contribution is 6.31. The first-order chi connectivity index (χ1) is 12.7. The zero-order chi connectivity index (χ0) is 17.7. The third-order valence-corrected chi connectivity index (χ3v) is 5.47. The van der Waals surface area contributed by atoms with Crippen LogP contribution in [0.2, 0.25) is 5.02 Å². The average Bonchev–Trinajstić information content (AvgIpc) is 3.23. The van der Waals surface area contributed by atoms with Gasteiger partial charge in [0.1, 0.15) is 5.52 Å². The van der Waals surface area contributed by atoms with Crippen molar-refractivity contribution in [3.05, 3.63) is 40.5 Å². The Hall–Kier alpha value is -2.41. The normalized spacial score (nSPS) is 18.6. The molecule has 1 saturated heterocycles. The van der Waals surface area contributed by atoms with Gasteiger partial charge in [-0.15, -0.1) is 0 Å². The highest BCUT2D eigenvalue weighted by Crippen LogP contribution is 2.40. The SMILES string of the molecule is O=C(c1n[nH]nc1C1CC1)N1CCC(c2nc3cc(Cl)ccc3o2)CC1. The summed E-state index contributed by atoms with van der Waals surface area (Å²) in [7, 11) is 0. The summed E-state index contributed by atoms with van der Waals surface area (Å²) in [4.78, 5) is 19.2. The molecule has 8 heteroatoms. The van der Waals surface area contributed by atoms with Gasteiger partial charge in [-0.3, -0.25) is 4.79 Å². The second-order valence-electron chi connectivity index (χ2n) is 7.06. The Morgan fingerprint density at radius 1 is 1.15 bits per heavy atom. The van der Waals surface area contributed by atoms with Crippen LogP contribution in [-0.2, 0) is 0 Å². The molecule has 2 aromatic heterocycles. The van der Waals surface area contributed by atoms with Crippen LogP contribution in [0.25, 0.3) is 11.1 Å². The lowest BCUT2D eigenvalue weighted by Gasteiger charge is -2.30. The number of nitrogens with zero attached hydrogens (tertiary/aromatic N) is 4. The van der Waals surface area contributed by atoms with E-state index in [1.807, 2.05) is 17.0 Å². The lowest BCUT2D eigenvalue weighted by Crippen LogP contribution is -2.38. The van der Waals surface area contributed by atoms with E-state index in [2.05, 4.69) is 20.4 Å². The third-order valence-electron chi connectivity index (χ3n) is 5.24. The van der Waals surface area contributed by atoms with Crippen molar-refractivity contribution in [1.82, 2.24) is 25.3 Å². The van der Waals surface area contributed by atoms with E-state index in [1.165, 1.54) is 0 Å². The summed E-state index contributed by atoms with van der Waals surface area (Å²) >= 11 is 6.02. The molecule has 0 atom stereocenters. The fraction of sp³-hybridized carbons (Fsp3) is 0.444. The van der Waals surface area contributed by atoms with Gasteiger partial charge in [-0.1, -0.05) is 11.6 Å². The van der Waals surface area contributed by atoms with Crippen molar-refractivity contribution in [1.29, 1.82) is 0 Å². The maximum Gasteiger partial charge on any atom is 0.276 e. The van der Waals surface area contributed by atoms with Gasteiger partial charge in [-0.05, 0) is 43.9 Å². The van der Waals surface area contributed by atoms with Crippen LogP contribution in [-0.4, -0.2) is 44.3 Å². The van der Waals surface area contributed by atoms with Crippen LogP contribution in [0.5, 0.6) is 0 Å². The molecule has 3 heterocycles. The van der Waals surface area contributed by atoms with Crippen molar-refractivity contribution in [2.45, 2.75) is 37.5 Å². The van der Waals surface area contributed by atoms with Crippen molar-refractivity contribution in [3.8, 4) is 0 Å². The number of benzene rings is 1. The maximum atomic E-state index is 12.8. The van der Waals surface area contributed by atoms with E-state index in [0.717, 1.165) is 48.4 Å². The number of carbonyl (C=O) groups excluding carboxylic acids is 1. The number of aromatic nitrogens is 4. The smallest absolute Gasteiger partial charge is 0.276 e. The number of piperidine rings is 1. The van der Waals surface area contributed by atoms with E-state index in [9.17, 15) is 4.79 Å². The van der Waals surface area contributed by atoms with Crippen molar-refractivity contribution in [2.24, 2.45) is 0 Å². The van der Waals surface area contributed by atoms with Gasteiger partial charge in [0, 0.05) is 29.9 Å². The topological polar surface area (TPSA) is 87.9 Å². The van der Waals surface area contributed by atoms with E-state index in [1.54, 1.807) is 6.07 Å². The van der Waals surface area contributed by atoms with E-state index in [-0.39, 0.29) is 11.8 Å². The number of hydrogen-bond donors (Lipinski definition) is 1. The number of halogens is 1.